The van der Waals surface area contributed by atoms with Crippen LogP contribution in [0, 0.1) is 0 Å². The lowest BCUT2D eigenvalue weighted by Gasteiger charge is -2.35. The van der Waals surface area contributed by atoms with Gasteiger partial charge in [-0.1, -0.05) is 22.0 Å². The molecule has 2 heterocycles. The van der Waals surface area contributed by atoms with Gasteiger partial charge >= 0.3 is 0 Å². The number of piperazine rings is 1. The Kier molecular flexibility index (Phi) is 6.60. The molecule has 0 radical (unpaired) electrons. The third kappa shape index (κ3) is 4.47. The number of amides is 1. The van der Waals surface area contributed by atoms with Crippen LogP contribution in [0.25, 0.3) is 0 Å². The minimum Gasteiger partial charge on any atom is -0.398 e. The van der Waals surface area contributed by atoms with Gasteiger partial charge in [0.1, 0.15) is 0 Å². The summed E-state index contributed by atoms with van der Waals surface area (Å²) in [6, 6.07) is 9.43. The number of benzene rings is 1. The fourth-order valence-corrected chi connectivity index (χ4v) is 3.14. The van der Waals surface area contributed by atoms with Crippen LogP contribution < -0.4 is 5.73 Å². The average molecular weight is 412 g/mol. The number of anilines is 1. The molecule has 5 nitrogen and oxygen atoms in total. The molecule has 2 N–H and O–H groups in total. The minimum absolute atomic E-state index is 0. The first-order chi connectivity index (χ1) is 11.1. The quantitative estimate of drug-likeness (QED) is 0.789. The Morgan fingerprint density at radius 1 is 1.21 bits per heavy atom. The van der Waals surface area contributed by atoms with E-state index in [9.17, 15) is 4.79 Å². The molecule has 2 aromatic rings. The molecule has 0 unspecified atom stereocenters. The number of nitrogens with zero attached hydrogens (tertiary/aromatic N) is 3. The third-order valence-electron chi connectivity index (χ3n) is 4.03. The smallest absolute Gasteiger partial charge is 0.256 e. The van der Waals surface area contributed by atoms with Crippen molar-refractivity contribution in [1.82, 2.24) is 14.8 Å². The maximum Gasteiger partial charge on any atom is 0.256 e. The summed E-state index contributed by atoms with van der Waals surface area (Å²) in [4.78, 5) is 21.0. The molecule has 1 aliphatic heterocycles. The van der Waals surface area contributed by atoms with Gasteiger partial charge in [0.2, 0.25) is 0 Å². The van der Waals surface area contributed by atoms with E-state index in [4.69, 9.17) is 5.73 Å². The van der Waals surface area contributed by atoms with Gasteiger partial charge in [-0.05, 0) is 29.8 Å². The molecule has 0 bridgehead atoms. The minimum atomic E-state index is 0. The number of hydrogen-bond donors (Lipinski definition) is 1. The Bertz CT molecular complexity index is 690. The Hall–Kier alpha value is -1.63. The normalized spacial score (nSPS) is 15.0. The van der Waals surface area contributed by atoms with E-state index in [1.807, 2.05) is 23.2 Å². The summed E-state index contributed by atoms with van der Waals surface area (Å²) in [6.45, 7) is 4.02. The van der Waals surface area contributed by atoms with E-state index < -0.39 is 0 Å². The highest BCUT2D eigenvalue weighted by atomic mass is 79.9. The number of pyridine rings is 1. The molecule has 1 saturated heterocycles. The number of halogens is 2. The van der Waals surface area contributed by atoms with Crippen LogP contribution in [0.2, 0.25) is 0 Å². The monoisotopic (exact) mass is 410 g/mol. The molecule has 0 spiro atoms. The second-order valence-corrected chi connectivity index (χ2v) is 6.58. The molecule has 24 heavy (non-hydrogen) atoms. The van der Waals surface area contributed by atoms with E-state index in [1.165, 1.54) is 5.56 Å². The van der Waals surface area contributed by atoms with Crippen molar-refractivity contribution in [2.24, 2.45) is 0 Å². The molecular weight excluding hydrogens is 392 g/mol. The van der Waals surface area contributed by atoms with Gasteiger partial charge < -0.3 is 10.6 Å². The first-order valence-corrected chi connectivity index (χ1v) is 8.38. The van der Waals surface area contributed by atoms with Crippen molar-refractivity contribution >= 4 is 39.9 Å². The lowest BCUT2D eigenvalue weighted by Crippen LogP contribution is -2.48. The van der Waals surface area contributed by atoms with Gasteiger partial charge in [-0.25, -0.2) is 0 Å². The highest BCUT2D eigenvalue weighted by molar-refractivity contribution is 9.10. The SMILES string of the molecule is Cl.Nc1cc(Br)ccc1C(=O)N1CCN(Cc2cccnc2)CC1. The van der Waals surface area contributed by atoms with Gasteiger partial charge in [0.15, 0.2) is 0 Å². The van der Waals surface area contributed by atoms with Crippen LogP contribution in [0.3, 0.4) is 0 Å². The third-order valence-corrected chi connectivity index (χ3v) is 4.53. The van der Waals surface area contributed by atoms with Crippen molar-refractivity contribution < 1.29 is 4.79 Å². The van der Waals surface area contributed by atoms with Crippen LogP contribution in [0.5, 0.6) is 0 Å². The van der Waals surface area contributed by atoms with E-state index in [-0.39, 0.29) is 18.3 Å². The van der Waals surface area contributed by atoms with Gasteiger partial charge in [0.25, 0.3) is 5.91 Å². The molecular formula is C17H20BrClN4O. The zero-order valence-corrected chi connectivity index (χ0v) is 15.6. The molecule has 0 atom stereocenters. The summed E-state index contributed by atoms with van der Waals surface area (Å²) >= 11 is 3.36. The van der Waals surface area contributed by atoms with Crippen molar-refractivity contribution in [3.8, 4) is 0 Å². The number of nitrogens with two attached hydrogens (primary N) is 1. The highest BCUT2D eigenvalue weighted by Gasteiger charge is 2.23. The molecule has 0 aliphatic carbocycles. The van der Waals surface area contributed by atoms with Gasteiger partial charge in [-0.15, -0.1) is 12.4 Å². The summed E-state index contributed by atoms with van der Waals surface area (Å²) in [5, 5.41) is 0. The van der Waals surface area contributed by atoms with Crippen molar-refractivity contribution in [2.75, 3.05) is 31.9 Å². The topological polar surface area (TPSA) is 62.5 Å². The molecule has 1 aromatic carbocycles. The first kappa shape index (κ1) is 18.7. The van der Waals surface area contributed by atoms with E-state index in [1.54, 1.807) is 18.3 Å². The lowest BCUT2D eigenvalue weighted by atomic mass is 10.1. The Morgan fingerprint density at radius 2 is 1.96 bits per heavy atom. The molecule has 1 fully saturated rings. The maximum atomic E-state index is 12.6. The second-order valence-electron chi connectivity index (χ2n) is 5.66. The summed E-state index contributed by atoms with van der Waals surface area (Å²) in [6.07, 6.45) is 3.67. The van der Waals surface area contributed by atoms with Crippen LogP contribution in [-0.2, 0) is 6.54 Å². The maximum absolute atomic E-state index is 12.6. The summed E-state index contributed by atoms with van der Waals surface area (Å²) < 4.78 is 0.882. The summed E-state index contributed by atoms with van der Waals surface area (Å²) in [7, 11) is 0. The van der Waals surface area contributed by atoms with Crippen molar-refractivity contribution in [1.29, 1.82) is 0 Å². The molecule has 1 amide bonds. The molecule has 0 saturated carbocycles. The van der Waals surface area contributed by atoms with Crippen LogP contribution in [0.15, 0.2) is 47.2 Å². The number of rotatable bonds is 3. The van der Waals surface area contributed by atoms with E-state index in [0.717, 1.165) is 24.1 Å². The molecule has 1 aromatic heterocycles. The summed E-state index contributed by atoms with van der Waals surface area (Å²) in [5.41, 5.74) is 8.26. The van der Waals surface area contributed by atoms with Crippen LogP contribution in [0.1, 0.15) is 15.9 Å². The number of aromatic nitrogens is 1. The summed E-state index contributed by atoms with van der Waals surface area (Å²) in [5.74, 6) is 0.0102. The van der Waals surface area contributed by atoms with Crippen molar-refractivity contribution in [3.05, 3.63) is 58.3 Å². The van der Waals surface area contributed by atoms with E-state index in [0.29, 0.717) is 24.3 Å². The Labute approximate surface area is 156 Å². The number of carbonyl (C=O) groups excluding carboxylic acids is 1. The van der Waals surface area contributed by atoms with Crippen molar-refractivity contribution in [2.45, 2.75) is 6.54 Å². The zero-order valence-electron chi connectivity index (χ0n) is 13.2. The van der Waals surface area contributed by atoms with E-state index >= 15 is 0 Å². The van der Waals surface area contributed by atoms with Gasteiger partial charge in [0.05, 0.1) is 5.56 Å². The average Bonchev–Trinajstić information content (AvgIpc) is 2.56. The Morgan fingerprint density at radius 3 is 2.58 bits per heavy atom. The lowest BCUT2D eigenvalue weighted by molar-refractivity contribution is 0.0629. The predicted octanol–water partition coefficient (Wildman–Crippen LogP) is 2.81. The number of carbonyl (C=O) groups is 1. The first-order valence-electron chi connectivity index (χ1n) is 7.59. The zero-order chi connectivity index (χ0) is 16.2. The largest absolute Gasteiger partial charge is 0.398 e. The van der Waals surface area contributed by atoms with Gasteiger partial charge in [-0.3, -0.25) is 14.7 Å². The van der Waals surface area contributed by atoms with Crippen LogP contribution in [-0.4, -0.2) is 46.9 Å². The standard InChI is InChI=1S/C17H19BrN4O.ClH/c18-14-3-4-15(16(19)10-14)17(23)22-8-6-21(7-9-22)12-13-2-1-5-20-11-13;/h1-5,10-11H,6-9,12,19H2;1H. The van der Waals surface area contributed by atoms with Crippen molar-refractivity contribution in [3.63, 3.8) is 0 Å². The van der Waals surface area contributed by atoms with Crippen LogP contribution in [0.4, 0.5) is 5.69 Å². The fourth-order valence-electron chi connectivity index (χ4n) is 2.76. The predicted molar refractivity (Wildman–Crippen MR) is 101 cm³/mol. The van der Waals surface area contributed by atoms with Gasteiger partial charge in [-0.2, -0.15) is 0 Å². The molecule has 1 aliphatic rings. The molecule has 3 rings (SSSR count). The highest BCUT2D eigenvalue weighted by Crippen LogP contribution is 2.21. The fraction of sp³-hybridized carbons (Fsp3) is 0.294. The van der Waals surface area contributed by atoms with E-state index in [2.05, 4.69) is 31.9 Å². The molecule has 7 heteroatoms. The molecule has 128 valence electrons. The number of hydrogen-bond acceptors (Lipinski definition) is 4. The Balaban J connectivity index is 0.00000208. The second kappa shape index (κ2) is 8.46. The number of nitrogen functional groups attached to an aromatic ring is 1. The van der Waals surface area contributed by atoms with Crippen LogP contribution >= 0.6 is 28.3 Å². The van der Waals surface area contributed by atoms with Gasteiger partial charge in [0, 0.05) is 55.3 Å².